The molecule has 3 nitrogen and oxygen atoms in total. The van der Waals surface area contributed by atoms with Gasteiger partial charge in [-0.1, -0.05) is 31.2 Å². The number of ether oxygens (including phenoxy) is 3. The summed E-state index contributed by atoms with van der Waals surface area (Å²) in [4.78, 5) is 0. The third-order valence-electron chi connectivity index (χ3n) is 5.51. The Balaban J connectivity index is 1.60. The molecule has 0 aromatic heterocycles. The van der Waals surface area contributed by atoms with Gasteiger partial charge in [-0.2, -0.15) is 8.78 Å². The quantitative estimate of drug-likeness (QED) is 0.275. The van der Waals surface area contributed by atoms with Gasteiger partial charge in [-0.3, -0.25) is 0 Å². The minimum Gasteiger partial charge on any atom is -0.428 e. The van der Waals surface area contributed by atoms with Crippen molar-refractivity contribution in [2.75, 3.05) is 13.2 Å². The van der Waals surface area contributed by atoms with Crippen molar-refractivity contribution in [1.29, 1.82) is 0 Å². The van der Waals surface area contributed by atoms with Crippen molar-refractivity contribution in [1.82, 2.24) is 0 Å². The fourth-order valence-electron chi connectivity index (χ4n) is 3.60. The van der Waals surface area contributed by atoms with E-state index in [0.717, 1.165) is 6.92 Å². The summed E-state index contributed by atoms with van der Waals surface area (Å²) in [5.74, 6) is -9.59. The number of halogens is 7. The minimum atomic E-state index is -4.66. The highest BCUT2D eigenvalue weighted by Crippen LogP contribution is 2.39. The van der Waals surface area contributed by atoms with Crippen LogP contribution >= 0.6 is 0 Å². The molecule has 1 saturated heterocycles. The fourth-order valence-corrected chi connectivity index (χ4v) is 3.60. The lowest BCUT2D eigenvalue weighted by Crippen LogP contribution is -2.26. The third kappa shape index (κ3) is 4.99. The Hall–Kier alpha value is -3.11. The lowest BCUT2D eigenvalue weighted by Gasteiger charge is -2.27. The molecule has 1 fully saturated rings. The van der Waals surface area contributed by atoms with E-state index in [-0.39, 0.29) is 17.5 Å². The molecule has 0 bridgehead atoms. The first kappa shape index (κ1) is 25.0. The highest BCUT2D eigenvalue weighted by atomic mass is 19.3. The molecule has 0 N–H and O–H groups in total. The summed E-state index contributed by atoms with van der Waals surface area (Å²) >= 11 is 0. The summed E-state index contributed by atoms with van der Waals surface area (Å²) in [5.41, 5.74) is -1.60. The molecule has 3 aromatic rings. The van der Waals surface area contributed by atoms with Crippen molar-refractivity contribution in [2.24, 2.45) is 5.92 Å². The first-order chi connectivity index (χ1) is 16.5. The maximum Gasteiger partial charge on any atom is 0.432 e. The maximum atomic E-state index is 14.7. The molecular weight excluding hydrogens is 481 g/mol. The predicted molar refractivity (Wildman–Crippen MR) is 111 cm³/mol. The van der Waals surface area contributed by atoms with Crippen LogP contribution in [-0.4, -0.2) is 13.2 Å². The molecule has 0 saturated carbocycles. The normalized spacial score (nSPS) is 18.5. The molecule has 0 spiro atoms. The smallest absolute Gasteiger partial charge is 0.428 e. The van der Waals surface area contributed by atoms with Crippen LogP contribution in [0, 0.1) is 41.9 Å². The average molecular weight is 500 g/mol. The van der Waals surface area contributed by atoms with Gasteiger partial charge in [-0.05, 0) is 30.2 Å². The number of benzene rings is 3. The summed E-state index contributed by atoms with van der Waals surface area (Å²) in [5, 5.41) is 0. The average Bonchev–Trinajstić information content (AvgIpc) is 2.81. The number of alkyl halides is 2. The standard InChI is InChI=1S/C25H19F7O3/c1-12-10-33-24(34-11-12)15-5-3-14(4-6-15)16-7-17(26)21(18(27)8-16)25(31,32)35-20-9-19(28)23(30)22(29)13(20)2/h3-9,12,24H,10-11H2,1-2H3. The SMILES string of the molecule is Cc1c(OC(F)(F)c2c(F)cc(-c3ccc(C4OCC(C)CO4)cc3)cc2F)cc(F)c(F)c1F. The summed E-state index contributed by atoms with van der Waals surface area (Å²) in [6.07, 6.45) is -5.25. The van der Waals surface area contributed by atoms with E-state index in [2.05, 4.69) is 4.74 Å². The molecule has 10 heteroatoms. The van der Waals surface area contributed by atoms with Crippen LogP contribution in [0.3, 0.4) is 0 Å². The molecular formula is C25H19F7O3. The summed E-state index contributed by atoms with van der Waals surface area (Å²) in [6, 6.07) is 7.83. The summed E-state index contributed by atoms with van der Waals surface area (Å²) in [6.45, 7) is 3.85. The number of rotatable bonds is 5. The minimum absolute atomic E-state index is 0.0414. The molecule has 0 aliphatic carbocycles. The monoisotopic (exact) mass is 500 g/mol. The Labute approximate surface area is 196 Å². The van der Waals surface area contributed by atoms with Crippen molar-refractivity contribution in [3.8, 4) is 16.9 Å². The zero-order valence-electron chi connectivity index (χ0n) is 18.5. The van der Waals surface area contributed by atoms with E-state index < -0.39 is 58.4 Å². The Morgan fingerprint density at radius 3 is 1.94 bits per heavy atom. The van der Waals surface area contributed by atoms with Gasteiger partial charge in [-0.25, -0.2) is 22.0 Å². The van der Waals surface area contributed by atoms with Crippen molar-refractivity contribution >= 4 is 0 Å². The first-order valence-corrected chi connectivity index (χ1v) is 10.5. The molecule has 1 aliphatic heterocycles. The summed E-state index contributed by atoms with van der Waals surface area (Å²) < 4.78 is 115. The fraction of sp³-hybridized carbons (Fsp3) is 0.280. The highest BCUT2D eigenvalue weighted by Gasteiger charge is 2.42. The molecule has 0 radical (unpaired) electrons. The van der Waals surface area contributed by atoms with Gasteiger partial charge in [0.2, 0.25) is 0 Å². The van der Waals surface area contributed by atoms with Crippen LogP contribution in [0.4, 0.5) is 30.7 Å². The van der Waals surface area contributed by atoms with Crippen molar-refractivity contribution in [3.05, 3.63) is 88.2 Å². The molecule has 0 atom stereocenters. The van der Waals surface area contributed by atoms with Crippen LogP contribution < -0.4 is 4.74 Å². The summed E-state index contributed by atoms with van der Waals surface area (Å²) in [7, 11) is 0. The first-order valence-electron chi connectivity index (χ1n) is 10.5. The Bertz CT molecular complexity index is 1210. The third-order valence-corrected chi connectivity index (χ3v) is 5.51. The van der Waals surface area contributed by atoms with E-state index >= 15 is 0 Å². The second-order valence-corrected chi connectivity index (χ2v) is 8.27. The topological polar surface area (TPSA) is 27.7 Å². The number of hydrogen-bond acceptors (Lipinski definition) is 3. The largest absolute Gasteiger partial charge is 0.432 e. The van der Waals surface area contributed by atoms with Crippen LogP contribution in [0.25, 0.3) is 11.1 Å². The highest BCUT2D eigenvalue weighted by molar-refractivity contribution is 5.64. The van der Waals surface area contributed by atoms with E-state index in [1.165, 1.54) is 12.1 Å². The zero-order chi connectivity index (χ0) is 25.5. The van der Waals surface area contributed by atoms with E-state index in [1.807, 2.05) is 6.92 Å². The Kier molecular flexibility index (Phi) is 6.79. The van der Waals surface area contributed by atoms with Crippen molar-refractivity contribution in [2.45, 2.75) is 26.2 Å². The zero-order valence-corrected chi connectivity index (χ0v) is 18.5. The molecule has 0 amide bonds. The van der Waals surface area contributed by atoms with Crippen LogP contribution in [0.5, 0.6) is 5.75 Å². The maximum absolute atomic E-state index is 14.7. The molecule has 1 heterocycles. The second kappa shape index (κ2) is 9.50. The van der Waals surface area contributed by atoms with Gasteiger partial charge in [0.05, 0.1) is 13.2 Å². The second-order valence-electron chi connectivity index (χ2n) is 8.27. The van der Waals surface area contributed by atoms with Crippen LogP contribution in [0.15, 0.2) is 42.5 Å². The van der Waals surface area contributed by atoms with Crippen molar-refractivity contribution in [3.63, 3.8) is 0 Å². The lowest BCUT2D eigenvalue weighted by atomic mass is 10.0. The van der Waals surface area contributed by atoms with Gasteiger partial charge < -0.3 is 14.2 Å². The molecule has 35 heavy (non-hydrogen) atoms. The molecule has 3 aromatic carbocycles. The van der Waals surface area contributed by atoms with Gasteiger partial charge in [-0.15, -0.1) is 0 Å². The predicted octanol–water partition coefficient (Wildman–Crippen LogP) is 7.17. The molecule has 186 valence electrons. The van der Waals surface area contributed by atoms with E-state index in [0.29, 0.717) is 36.5 Å². The van der Waals surface area contributed by atoms with Crippen LogP contribution in [0.1, 0.15) is 29.9 Å². The van der Waals surface area contributed by atoms with Gasteiger partial charge in [0.1, 0.15) is 22.9 Å². The van der Waals surface area contributed by atoms with Crippen molar-refractivity contribution < 1.29 is 44.9 Å². The van der Waals surface area contributed by atoms with Gasteiger partial charge >= 0.3 is 6.11 Å². The van der Waals surface area contributed by atoms with Crippen LogP contribution in [0.2, 0.25) is 0 Å². The molecule has 0 unspecified atom stereocenters. The molecule has 1 aliphatic rings. The van der Waals surface area contributed by atoms with E-state index in [1.54, 1.807) is 12.1 Å². The Morgan fingerprint density at radius 2 is 1.37 bits per heavy atom. The van der Waals surface area contributed by atoms with Crippen LogP contribution in [-0.2, 0) is 15.6 Å². The lowest BCUT2D eigenvalue weighted by molar-refractivity contribution is -0.202. The number of hydrogen-bond donors (Lipinski definition) is 0. The van der Waals surface area contributed by atoms with E-state index in [4.69, 9.17) is 9.47 Å². The van der Waals surface area contributed by atoms with Gasteiger partial charge in [0.25, 0.3) is 0 Å². The van der Waals surface area contributed by atoms with Gasteiger partial charge in [0.15, 0.2) is 23.7 Å². The van der Waals surface area contributed by atoms with E-state index in [9.17, 15) is 30.7 Å². The molecule has 4 rings (SSSR count). The van der Waals surface area contributed by atoms with Gasteiger partial charge in [0, 0.05) is 23.1 Å². The Morgan fingerprint density at radius 1 is 0.800 bits per heavy atom.